The van der Waals surface area contributed by atoms with Crippen molar-refractivity contribution in [1.82, 2.24) is 19.4 Å². The number of rotatable bonds is 5. The van der Waals surface area contributed by atoms with Gasteiger partial charge in [-0.25, -0.2) is 9.97 Å². The van der Waals surface area contributed by atoms with Crippen molar-refractivity contribution < 1.29 is 4.74 Å². The van der Waals surface area contributed by atoms with Crippen LogP contribution in [0.2, 0.25) is 0 Å². The third-order valence-electron chi connectivity index (χ3n) is 5.21. The van der Waals surface area contributed by atoms with Gasteiger partial charge in [0.15, 0.2) is 0 Å². The van der Waals surface area contributed by atoms with E-state index >= 15 is 0 Å². The molecular weight excluding hydrogens is 338 g/mol. The van der Waals surface area contributed by atoms with Gasteiger partial charge >= 0.3 is 0 Å². The zero-order chi connectivity index (χ0) is 18.8. The van der Waals surface area contributed by atoms with Crippen LogP contribution in [0.3, 0.4) is 0 Å². The molecule has 1 aliphatic rings. The lowest BCUT2D eigenvalue weighted by atomic mass is 10.1. The van der Waals surface area contributed by atoms with Gasteiger partial charge in [-0.3, -0.25) is 4.90 Å². The van der Waals surface area contributed by atoms with E-state index in [9.17, 15) is 0 Å². The molecule has 3 aromatic rings. The van der Waals surface area contributed by atoms with Crippen LogP contribution in [0.15, 0.2) is 42.9 Å². The van der Waals surface area contributed by atoms with Gasteiger partial charge in [-0.05, 0) is 31.0 Å². The Morgan fingerprint density at radius 2 is 1.85 bits per heavy atom. The standard InChI is InChI=1S/C21H27N5O/c1-24(2)21-22-13-16(14-23-21)15-26-11-7-17(8-12-26)27-20-6-4-5-19-18(20)9-10-25(19)3/h4-6,9-10,13-14,17H,7-8,11-12,15H2,1-3H3. The van der Waals surface area contributed by atoms with Gasteiger partial charge < -0.3 is 14.2 Å². The summed E-state index contributed by atoms with van der Waals surface area (Å²) in [5, 5.41) is 1.19. The fourth-order valence-electron chi connectivity index (χ4n) is 3.66. The van der Waals surface area contributed by atoms with E-state index in [4.69, 9.17) is 4.74 Å². The maximum Gasteiger partial charge on any atom is 0.224 e. The Balaban J connectivity index is 1.33. The molecule has 27 heavy (non-hydrogen) atoms. The van der Waals surface area contributed by atoms with Crippen LogP contribution in [-0.4, -0.2) is 52.7 Å². The number of hydrogen-bond donors (Lipinski definition) is 0. The molecule has 4 rings (SSSR count). The summed E-state index contributed by atoms with van der Waals surface area (Å²) in [6.07, 6.45) is 8.31. The average molecular weight is 365 g/mol. The number of ether oxygens (including phenoxy) is 1. The van der Waals surface area contributed by atoms with Gasteiger partial charge in [-0.1, -0.05) is 6.07 Å². The molecule has 0 unspecified atom stereocenters. The monoisotopic (exact) mass is 365 g/mol. The second kappa shape index (κ2) is 7.56. The van der Waals surface area contributed by atoms with E-state index in [0.717, 1.165) is 49.7 Å². The summed E-state index contributed by atoms with van der Waals surface area (Å²) in [6, 6.07) is 8.42. The highest BCUT2D eigenvalue weighted by atomic mass is 16.5. The topological polar surface area (TPSA) is 46.4 Å². The highest BCUT2D eigenvalue weighted by Crippen LogP contribution is 2.28. The molecule has 0 spiro atoms. The fraction of sp³-hybridized carbons (Fsp3) is 0.429. The molecule has 1 aromatic carbocycles. The van der Waals surface area contributed by atoms with Crippen molar-refractivity contribution in [2.24, 2.45) is 7.05 Å². The van der Waals surface area contributed by atoms with E-state index in [1.165, 1.54) is 10.9 Å². The van der Waals surface area contributed by atoms with Crippen molar-refractivity contribution in [1.29, 1.82) is 0 Å². The molecule has 0 saturated carbocycles. The second-order valence-electron chi connectivity index (χ2n) is 7.49. The third kappa shape index (κ3) is 3.90. The smallest absolute Gasteiger partial charge is 0.224 e. The van der Waals surface area contributed by atoms with Crippen LogP contribution < -0.4 is 9.64 Å². The Labute approximate surface area is 160 Å². The average Bonchev–Trinajstić information content (AvgIpc) is 3.06. The summed E-state index contributed by atoms with van der Waals surface area (Å²) in [5.74, 6) is 1.75. The minimum atomic E-state index is 0.277. The minimum absolute atomic E-state index is 0.277. The van der Waals surface area contributed by atoms with Crippen LogP contribution in [0.4, 0.5) is 5.95 Å². The molecule has 142 valence electrons. The molecule has 0 atom stereocenters. The van der Waals surface area contributed by atoms with Crippen LogP contribution in [0.5, 0.6) is 5.75 Å². The summed E-state index contributed by atoms with van der Waals surface area (Å²) < 4.78 is 8.49. The summed E-state index contributed by atoms with van der Waals surface area (Å²) in [4.78, 5) is 13.2. The molecule has 0 aliphatic carbocycles. The number of anilines is 1. The molecule has 2 aromatic heterocycles. The lowest BCUT2D eigenvalue weighted by molar-refractivity contribution is 0.0979. The van der Waals surface area contributed by atoms with Crippen LogP contribution in [0.1, 0.15) is 18.4 Å². The lowest BCUT2D eigenvalue weighted by Gasteiger charge is -2.32. The van der Waals surface area contributed by atoms with Crippen LogP contribution in [-0.2, 0) is 13.6 Å². The third-order valence-corrected chi connectivity index (χ3v) is 5.21. The first kappa shape index (κ1) is 17.8. The summed E-state index contributed by atoms with van der Waals surface area (Å²) in [7, 11) is 5.98. The first-order valence-corrected chi connectivity index (χ1v) is 9.51. The van der Waals surface area contributed by atoms with Crippen LogP contribution in [0.25, 0.3) is 10.9 Å². The normalized spacial score (nSPS) is 16.0. The van der Waals surface area contributed by atoms with E-state index in [2.05, 4.69) is 56.9 Å². The van der Waals surface area contributed by atoms with E-state index in [1.54, 1.807) is 0 Å². The molecule has 0 amide bonds. The Morgan fingerprint density at radius 1 is 1.11 bits per heavy atom. The Bertz CT molecular complexity index is 895. The quantitative estimate of drug-likeness (QED) is 0.695. The molecular formula is C21H27N5O. The van der Waals surface area contributed by atoms with Gasteiger partial charge in [0.25, 0.3) is 0 Å². The summed E-state index contributed by atoms with van der Waals surface area (Å²) in [6.45, 7) is 2.96. The van der Waals surface area contributed by atoms with E-state index in [1.807, 2.05) is 31.4 Å². The maximum absolute atomic E-state index is 6.35. The fourth-order valence-corrected chi connectivity index (χ4v) is 3.66. The molecule has 3 heterocycles. The Kier molecular flexibility index (Phi) is 4.99. The highest BCUT2D eigenvalue weighted by Gasteiger charge is 2.21. The Hall–Kier alpha value is -2.60. The number of aryl methyl sites for hydroxylation is 1. The van der Waals surface area contributed by atoms with Gasteiger partial charge in [-0.15, -0.1) is 0 Å². The number of aromatic nitrogens is 3. The Morgan fingerprint density at radius 3 is 2.56 bits per heavy atom. The first-order valence-electron chi connectivity index (χ1n) is 9.51. The number of fused-ring (bicyclic) bond motifs is 1. The minimum Gasteiger partial charge on any atom is -0.490 e. The second-order valence-corrected chi connectivity index (χ2v) is 7.49. The van der Waals surface area contributed by atoms with Crippen molar-refractivity contribution in [2.45, 2.75) is 25.5 Å². The van der Waals surface area contributed by atoms with Crippen LogP contribution >= 0.6 is 0 Å². The van der Waals surface area contributed by atoms with Gasteiger partial charge in [0, 0.05) is 70.3 Å². The number of piperidine rings is 1. The number of likely N-dealkylation sites (tertiary alicyclic amines) is 1. The van der Waals surface area contributed by atoms with Crippen molar-refractivity contribution in [3.63, 3.8) is 0 Å². The molecule has 6 heteroatoms. The molecule has 1 fully saturated rings. The molecule has 0 N–H and O–H groups in total. The van der Waals surface area contributed by atoms with E-state index < -0.39 is 0 Å². The maximum atomic E-state index is 6.35. The predicted octanol–water partition coefficient (Wildman–Crippen LogP) is 3.08. The molecule has 6 nitrogen and oxygen atoms in total. The summed E-state index contributed by atoms with van der Waals surface area (Å²) >= 11 is 0. The number of hydrogen-bond acceptors (Lipinski definition) is 5. The van der Waals surface area contributed by atoms with Crippen molar-refractivity contribution in [2.75, 3.05) is 32.1 Å². The van der Waals surface area contributed by atoms with Gasteiger partial charge in [0.2, 0.25) is 5.95 Å². The predicted molar refractivity (Wildman–Crippen MR) is 108 cm³/mol. The first-order chi connectivity index (χ1) is 13.1. The van der Waals surface area contributed by atoms with Crippen molar-refractivity contribution >= 4 is 16.9 Å². The number of benzene rings is 1. The molecule has 0 bridgehead atoms. The van der Waals surface area contributed by atoms with Crippen LogP contribution in [0, 0.1) is 0 Å². The zero-order valence-electron chi connectivity index (χ0n) is 16.3. The van der Waals surface area contributed by atoms with Crippen molar-refractivity contribution in [3.8, 4) is 5.75 Å². The van der Waals surface area contributed by atoms with E-state index in [0.29, 0.717) is 0 Å². The molecule has 1 saturated heterocycles. The SMILES string of the molecule is CN(C)c1ncc(CN2CCC(Oc3cccc4c3ccn4C)CC2)cn1. The van der Waals surface area contributed by atoms with Crippen molar-refractivity contribution in [3.05, 3.63) is 48.4 Å². The zero-order valence-corrected chi connectivity index (χ0v) is 16.3. The van der Waals surface area contributed by atoms with Gasteiger partial charge in [-0.2, -0.15) is 0 Å². The number of nitrogens with zero attached hydrogens (tertiary/aromatic N) is 5. The summed E-state index contributed by atoms with van der Waals surface area (Å²) in [5.41, 5.74) is 2.38. The lowest BCUT2D eigenvalue weighted by Crippen LogP contribution is -2.37. The molecule has 1 aliphatic heterocycles. The van der Waals surface area contributed by atoms with Gasteiger partial charge in [0.1, 0.15) is 11.9 Å². The van der Waals surface area contributed by atoms with Gasteiger partial charge in [0.05, 0.1) is 5.52 Å². The van der Waals surface area contributed by atoms with E-state index in [-0.39, 0.29) is 6.10 Å². The molecule has 0 radical (unpaired) electrons. The highest BCUT2D eigenvalue weighted by molar-refractivity contribution is 5.86. The largest absolute Gasteiger partial charge is 0.490 e.